The van der Waals surface area contributed by atoms with Gasteiger partial charge in [0.25, 0.3) is 0 Å². The van der Waals surface area contributed by atoms with Crippen molar-refractivity contribution in [2.24, 2.45) is 5.29 Å². The highest BCUT2D eigenvalue weighted by atomic mass is 16.3. The zero-order valence-electron chi connectivity index (χ0n) is 3.87. The molecule has 0 atom stereocenters. The van der Waals surface area contributed by atoms with Gasteiger partial charge in [-0.1, -0.05) is 6.08 Å². The second-order valence-corrected chi connectivity index (χ2v) is 1.42. The molecule has 1 rings (SSSR count). The molecule has 0 saturated heterocycles. The van der Waals surface area contributed by atoms with Crippen molar-refractivity contribution in [3.05, 3.63) is 17.2 Å². The first-order valence-corrected chi connectivity index (χ1v) is 2.20. The average molecular weight is 98.1 g/mol. The smallest absolute Gasteiger partial charge is 0.0568 e. The molecule has 0 aromatic carbocycles. The van der Waals surface area contributed by atoms with Crippen molar-refractivity contribution in [3.63, 3.8) is 0 Å². The first-order valence-electron chi connectivity index (χ1n) is 2.20. The van der Waals surface area contributed by atoms with Crippen molar-refractivity contribution in [2.45, 2.75) is 6.42 Å². The lowest BCUT2D eigenvalue weighted by Crippen LogP contribution is -2.02. The second kappa shape index (κ2) is 1.73. The van der Waals surface area contributed by atoms with Crippen molar-refractivity contribution < 1.29 is 0 Å². The maximum absolute atomic E-state index is 9.63. The van der Waals surface area contributed by atoms with Gasteiger partial charge in [0.15, 0.2) is 0 Å². The van der Waals surface area contributed by atoms with E-state index in [2.05, 4.69) is 5.29 Å². The molecular formula is C4H6N2O. The van der Waals surface area contributed by atoms with Crippen LogP contribution in [0.1, 0.15) is 6.42 Å². The summed E-state index contributed by atoms with van der Waals surface area (Å²) in [6, 6.07) is 0. The molecular weight excluding hydrogens is 92.1 g/mol. The van der Waals surface area contributed by atoms with E-state index in [-0.39, 0.29) is 0 Å². The lowest BCUT2D eigenvalue weighted by molar-refractivity contribution is 0.427. The van der Waals surface area contributed by atoms with E-state index in [1.165, 1.54) is 5.01 Å². The maximum Gasteiger partial charge on any atom is 0.0568 e. The fraction of sp³-hybridized carbons (Fsp3) is 0.500. The third-order valence-corrected chi connectivity index (χ3v) is 0.907. The van der Waals surface area contributed by atoms with Crippen LogP contribution in [-0.4, -0.2) is 11.6 Å². The van der Waals surface area contributed by atoms with Gasteiger partial charge in [-0.2, -0.15) is 0 Å². The molecule has 0 unspecified atom stereocenters. The molecule has 0 amide bonds. The highest BCUT2D eigenvalue weighted by molar-refractivity contribution is 4.88. The van der Waals surface area contributed by atoms with Crippen LogP contribution in [0.3, 0.4) is 0 Å². The Morgan fingerprint density at radius 1 is 1.71 bits per heavy atom. The second-order valence-electron chi connectivity index (χ2n) is 1.42. The highest BCUT2D eigenvalue weighted by Crippen LogP contribution is 2.01. The van der Waals surface area contributed by atoms with Crippen molar-refractivity contribution in [3.8, 4) is 0 Å². The lowest BCUT2D eigenvalue weighted by atomic mass is 10.5. The monoisotopic (exact) mass is 98.0 g/mol. The van der Waals surface area contributed by atoms with Gasteiger partial charge in [0.05, 0.1) is 5.29 Å². The molecule has 38 valence electrons. The van der Waals surface area contributed by atoms with E-state index in [0.717, 1.165) is 13.0 Å². The Hall–Kier alpha value is -0.860. The third-order valence-electron chi connectivity index (χ3n) is 0.907. The molecule has 3 nitrogen and oxygen atoms in total. The lowest BCUT2D eigenvalue weighted by Gasteiger charge is -1.97. The Labute approximate surface area is 41.6 Å². The van der Waals surface area contributed by atoms with Crippen LogP contribution in [0, 0.1) is 4.91 Å². The van der Waals surface area contributed by atoms with Crippen LogP contribution in [0.2, 0.25) is 0 Å². The molecule has 0 aromatic heterocycles. The van der Waals surface area contributed by atoms with Crippen LogP contribution in [-0.2, 0) is 0 Å². The van der Waals surface area contributed by atoms with Crippen molar-refractivity contribution in [2.75, 3.05) is 6.54 Å². The molecule has 7 heavy (non-hydrogen) atoms. The number of hydrogen-bond donors (Lipinski definition) is 0. The SMILES string of the molecule is O=NN1C=CCC1. The minimum Gasteiger partial charge on any atom is -0.237 e. The quantitative estimate of drug-likeness (QED) is 0.456. The molecule has 0 bridgehead atoms. The molecule has 0 saturated carbocycles. The largest absolute Gasteiger partial charge is 0.237 e. The van der Waals surface area contributed by atoms with Gasteiger partial charge in [-0.3, -0.25) is 0 Å². The first-order chi connectivity index (χ1) is 3.43. The van der Waals surface area contributed by atoms with Crippen molar-refractivity contribution in [1.29, 1.82) is 0 Å². The van der Waals surface area contributed by atoms with Crippen LogP contribution in [0.5, 0.6) is 0 Å². The van der Waals surface area contributed by atoms with E-state index in [9.17, 15) is 4.91 Å². The summed E-state index contributed by atoms with van der Waals surface area (Å²) in [6.45, 7) is 0.753. The minimum absolute atomic E-state index is 0.753. The highest BCUT2D eigenvalue weighted by Gasteiger charge is 1.99. The fourth-order valence-electron chi connectivity index (χ4n) is 0.546. The van der Waals surface area contributed by atoms with Gasteiger partial charge in [-0.05, 0) is 6.42 Å². The molecule has 3 heteroatoms. The normalized spacial score (nSPS) is 18.0. The van der Waals surface area contributed by atoms with Crippen molar-refractivity contribution in [1.82, 2.24) is 5.01 Å². The maximum atomic E-state index is 9.63. The molecule has 0 N–H and O–H groups in total. The predicted octanol–water partition coefficient (Wildman–Crippen LogP) is 0.887. The Kier molecular flexibility index (Phi) is 1.06. The predicted molar refractivity (Wildman–Crippen MR) is 26.3 cm³/mol. The van der Waals surface area contributed by atoms with Crippen LogP contribution < -0.4 is 0 Å². The summed E-state index contributed by atoms with van der Waals surface area (Å²) in [4.78, 5) is 9.63. The van der Waals surface area contributed by atoms with Gasteiger partial charge in [0, 0.05) is 12.7 Å². The molecule has 0 aromatic rings. The van der Waals surface area contributed by atoms with E-state index in [0.29, 0.717) is 0 Å². The van der Waals surface area contributed by atoms with Crippen LogP contribution in [0.4, 0.5) is 0 Å². The molecule has 1 aliphatic rings. The summed E-state index contributed by atoms with van der Waals surface area (Å²) in [7, 11) is 0. The van der Waals surface area contributed by atoms with Gasteiger partial charge in [-0.15, -0.1) is 4.91 Å². The summed E-state index contributed by atoms with van der Waals surface area (Å²) in [5, 5.41) is 4.06. The Bertz CT molecular complexity index is 99.9. The van der Waals surface area contributed by atoms with E-state index >= 15 is 0 Å². The van der Waals surface area contributed by atoms with Gasteiger partial charge in [0.2, 0.25) is 0 Å². The van der Waals surface area contributed by atoms with E-state index in [1.807, 2.05) is 6.08 Å². The third kappa shape index (κ3) is 0.765. The van der Waals surface area contributed by atoms with Crippen molar-refractivity contribution >= 4 is 0 Å². The molecule has 1 heterocycles. The van der Waals surface area contributed by atoms with E-state index in [1.54, 1.807) is 6.20 Å². The Morgan fingerprint density at radius 3 is 2.86 bits per heavy atom. The molecule has 0 radical (unpaired) electrons. The van der Waals surface area contributed by atoms with E-state index < -0.39 is 0 Å². The van der Waals surface area contributed by atoms with Crippen LogP contribution >= 0.6 is 0 Å². The first kappa shape index (κ1) is 4.30. The number of rotatable bonds is 1. The average Bonchev–Trinajstić information content (AvgIpc) is 2.14. The standard InChI is InChI=1S/C4H6N2O/c7-5-6-3-1-2-4-6/h1,3H,2,4H2. The topological polar surface area (TPSA) is 32.7 Å². The fourth-order valence-corrected chi connectivity index (χ4v) is 0.546. The summed E-state index contributed by atoms with van der Waals surface area (Å²) in [6.07, 6.45) is 4.56. The Balaban J connectivity index is 2.42. The molecule has 0 fully saturated rings. The summed E-state index contributed by atoms with van der Waals surface area (Å²) < 4.78 is 0. The van der Waals surface area contributed by atoms with Gasteiger partial charge >= 0.3 is 0 Å². The van der Waals surface area contributed by atoms with Gasteiger partial charge in [-0.25, -0.2) is 5.01 Å². The molecule has 0 aliphatic carbocycles. The Morgan fingerprint density at radius 2 is 2.57 bits per heavy atom. The van der Waals surface area contributed by atoms with Gasteiger partial charge < -0.3 is 0 Å². The van der Waals surface area contributed by atoms with Crippen LogP contribution in [0.25, 0.3) is 0 Å². The zero-order valence-corrected chi connectivity index (χ0v) is 3.87. The molecule has 1 aliphatic heterocycles. The number of nitrogens with zero attached hydrogens (tertiary/aromatic N) is 2. The molecule has 0 spiro atoms. The zero-order chi connectivity index (χ0) is 5.11. The summed E-state index contributed by atoms with van der Waals surface area (Å²) >= 11 is 0. The minimum atomic E-state index is 0.753. The van der Waals surface area contributed by atoms with Gasteiger partial charge in [0.1, 0.15) is 0 Å². The summed E-state index contributed by atoms with van der Waals surface area (Å²) in [5.41, 5.74) is 0. The van der Waals surface area contributed by atoms with Crippen LogP contribution in [0.15, 0.2) is 17.6 Å². The van der Waals surface area contributed by atoms with E-state index in [4.69, 9.17) is 0 Å². The number of nitroso groups, excluding NO2 is 1. The number of hydrogen-bond acceptors (Lipinski definition) is 2. The summed E-state index contributed by atoms with van der Waals surface area (Å²) in [5.74, 6) is 0.